The molecule has 0 spiro atoms. The molecule has 110 valence electrons. The Morgan fingerprint density at radius 2 is 1.71 bits per heavy atom. The Hall–Kier alpha value is -2.03. The first-order valence-electron chi connectivity index (χ1n) is 7.80. The van der Waals surface area contributed by atoms with Gasteiger partial charge in [0.05, 0.1) is 0 Å². The maximum Gasteiger partial charge on any atom is 0.222 e. The highest BCUT2D eigenvalue weighted by Crippen LogP contribution is 2.27. The fourth-order valence-electron chi connectivity index (χ4n) is 3.05. The van der Waals surface area contributed by atoms with Crippen molar-refractivity contribution in [2.75, 3.05) is 31.1 Å². The van der Waals surface area contributed by atoms with Gasteiger partial charge in [0.2, 0.25) is 5.91 Å². The van der Waals surface area contributed by atoms with E-state index in [2.05, 4.69) is 54.3 Å². The van der Waals surface area contributed by atoms with Gasteiger partial charge >= 0.3 is 0 Å². The van der Waals surface area contributed by atoms with Crippen LogP contribution < -0.4 is 4.90 Å². The Kier molecular flexibility index (Phi) is 4.09. The highest BCUT2D eigenvalue weighted by Gasteiger charge is 2.21. The van der Waals surface area contributed by atoms with Crippen LogP contribution >= 0.6 is 0 Å². The normalized spacial score (nSPS) is 15.5. The topological polar surface area (TPSA) is 23.6 Å². The van der Waals surface area contributed by atoms with E-state index in [4.69, 9.17) is 0 Å². The molecule has 0 unspecified atom stereocenters. The van der Waals surface area contributed by atoms with E-state index in [1.165, 1.54) is 16.5 Å². The molecule has 0 aliphatic carbocycles. The molecular formula is C18H22N2O. The Morgan fingerprint density at radius 3 is 2.48 bits per heavy atom. The second kappa shape index (κ2) is 6.17. The minimum atomic E-state index is 0.301. The molecule has 1 fully saturated rings. The van der Waals surface area contributed by atoms with Crippen molar-refractivity contribution in [2.45, 2.75) is 19.8 Å². The van der Waals surface area contributed by atoms with Crippen LogP contribution in [0.15, 0.2) is 42.5 Å². The zero-order valence-corrected chi connectivity index (χ0v) is 12.6. The maximum atomic E-state index is 12.0. The number of rotatable bonds is 3. The summed E-state index contributed by atoms with van der Waals surface area (Å²) < 4.78 is 0. The van der Waals surface area contributed by atoms with Gasteiger partial charge in [0.25, 0.3) is 0 Å². The summed E-state index contributed by atoms with van der Waals surface area (Å²) in [6.45, 7) is 5.57. The van der Waals surface area contributed by atoms with E-state index < -0.39 is 0 Å². The number of carbonyl (C=O) groups is 1. The molecule has 0 bridgehead atoms. The standard InChI is InChI=1S/C18H22N2O/c1-2-6-18(21)20-13-11-19(12-14-20)17-10-5-8-15-7-3-4-9-16(15)17/h3-5,7-10H,2,6,11-14H2,1H3. The second-order valence-corrected chi connectivity index (χ2v) is 5.62. The molecule has 1 heterocycles. The van der Waals surface area contributed by atoms with Gasteiger partial charge in [-0.05, 0) is 17.9 Å². The van der Waals surface area contributed by atoms with Crippen LogP contribution in [0.4, 0.5) is 5.69 Å². The van der Waals surface area contributed by atoms with Gasteiger partial charge < -0.3 is 9.80 Å². The lowest BCUT2D eigenvalue weighted by molar-refractivity contribution is -0.131. The average Bonchev–Trinajstić information content (AvgIpc) is 2.55. The Morgan fingerprint density at radius 1 is 1.00 bits per heavy atom. The number of piperazine rings is 1. The number of carbonyl (C=O) groups excluding carboxylic acids is 1. The van der Waals surface area contributed by atoms with Crippen LogP contribution in [0.1, 0.15) is 19.8 Å². The Labute approximate surface area is 126 Å². The van der Waals surface area contributed by atoms with E-state index in [0.29, 0.717) is 12.3 Å². The van der Waals surface area contributed by atoms with E-state index in [1.54, 1.807) is 0 Å². The Bertz CT molecular complexity index is 625. The van der Waals surface area contributed by atoms with Crippen molar-refractivity contribution < 1.29 is 4.79 Å². The number of hydrogen-bond donors (Lipinski definition) is 0. The van der Waals surface area contributed by atoms with Gasteiger partial charge in [0.15, 0.2) is 0 Å². The fourth-order valence-corrected chi connectivity index (χ4v) is 3.05. The molecule has 0 radical (unpaired) electrons. The van der Waals surface area contributed by atoms with Crippen LogP contribution in [0, 0.1) is 0 Å². The summed E-state index contributed by atoms with van der Waals surface area (Å²) in [4.78, 5) is 16.4. The smallest absolute Gasteiger partial charge is 0.222 e. The molecule has 3 rings (SSSR count). The highest BCUT2D eigenvalue weighted by atomic mass is 16.2. The number of amides is 1. The predicted octanol–water partition coefficient (Wildman–Crippen LogP) is 3.29. The van der Waals surface area contributed by atoms with E-state index in [1.807, 2.05) is 4.90 Å². The summed E-state index contributed by atoms with van der Waals surface area (Å²) in [5, 5.41) is 2.58. The van der Waals surface area contributed by atoms with Gasteiger partial charge in [-0.3, -0.25) is 4.79 Å². The van der Waals surface area contributed by atoms with Gasteiger partial charge in [-0.15, -0.1) is 0 Å². The summed E-state index contributed by atoms with van der Waals surface area (Å²) in [6, 6.07) is 15.0. The lowest BCUT2D eigenvalue weighted by atomic mass is 10.1. The van der Waals surface area contributed by atoms with E-state index in [-0.39, 0.29) is 0 Å². The van der Waals surface area contributed by atoms with Crippen LogP contribution in [0.2, 0.25) is 0 Å². The summed E-state index contributed by atoms with van der Waals surface area (Å²) in [5.74, 6) is 0.301. The Balaban J connectivity index is 1.76. The average molecular weight is 282 g/mol. The molecule has 1 amide bonds. The first-order chi connectivity index (χ1) is 10.3. The first-order valence-corrected chi connectivity index (χ1v) is 7.80. The number of hydrogen-bond acceptors (Lipinski definition) is 2. The molecule has 21 heavy (non-hydrogen) atoms. The molecule has 0 N–H and O–H groups in total. The van der Waals surface area contributed by atoms with Crippen LogP contribution in [-0.4, -0.2) is 37.0 Å². The SMILES string of the molecule is CCCC(=O)N1CCN(c2cccc3ccccc23)CC1. The van der Waals surface area contributed by atoms with E-state index in [9.17, 15) is 4.79 Å². The molecule has 1 aliphatic rings. The second-order valence-electron chi connectivity index (χ2n) is 5.62. The minimum absolute atomic E-state index is 0.301. The lowest BCUT2D eigenvalue weighted by Gasteiger charge is -2.36. The minimum Gasteiger partial charge on any atom is -0.367 e. The molecular weight excluding hydrogens is 260 g/mol. The van der Waals surface area contributed by atoms with Gasteiger partial charge in [-0.25, -0.2) is 0 Å². The van der Waals surface area contributed by atoms with Crippen LogP contribution in [0.3, 0.4) is 0 Å². The lowest BCUT2D eigenvalue weighted by Crippen LogP contribution is -2.48. The largest absolute Gasteiger partial charge is 0.367 e. The van der Waals surface area contributed by atoms with E-state index >= 15 is 0 Å². The van der Waals surface area contributed by atoms with Crippen molar-refractivity contribution in [3.05, 3.63) is 42.5 Å². The molecule has 3 heteroatoms. The summed E-state index contributed by atoms with van der Waals surface area (Å²) in [7, 11) is 0. The number of fused-ring (bicyclic) bond motifs is 1. The van der Waals surface area contributed by atoms with Gasteiger partial charge in [0, 0.05) is 43.7 Å². The molecule has 2 aromatic carbocycles. The molecule has 2 aromatic rings. The van der Waals surface area contributed by atoms with Crippen molar-refractivity contribution in [2.24, 2.45) is 0 Å². The monoisotopic (exact) mass is 282 g/mol. The zero-order valence-electron chi connectivity index (χ0n) is 12.6. The third-order valence-electron chi connectivity index (χ3n) is 4.20. The van der Waals surface area contributed by atoms with Crippen molar-refractivity contribution in [1.82, 2.24) is 4.90 Å². The molecule has 0 aromatic heterocycles. The third kappa shape index (κ3) is 2.87. The van der Waals surface area contributed by atoms with Crippen molar-refractivity contribution in [3.63, 3.8) is 0 Å². The summed E-state index contributed by atoms with van der Waals surface area (Å²) in [6.07, 6.45) is 1.61. The number of anilines is 1. The number of nitrogens with zero attached hydrogens (tertiary/aromatic N) is 2. The van der Waals surface area contributed by atoms with Crippen molar-refractivity contribution in [1.29, 1.82) is 0 Å². The molecule has 3 nitrogen and oxygen atoms in total. The van der Waals surface area contributed by atoms with Gasteiger partial charge in [-0.2, -0.15) is 0 Å². The molecule has 0 saturated carbocycles. The summed E-state index contributed by atoms with van der Waals surface area (Å²) in [5.41, 5.74) is 1.29. The van der Waals surface area contributed by atoms with Crippen molar-refractivity contribution in [3.8, 4) is 0 Å². The number of benzene rings is 2. The van der Waals surface area contributed by atoms with Gasteiger partial charge in [0.1, 0.15) is 0 Å². The van der Waals surface area contributed by atoms with Crippen molar-refractivity contribution >= 4 is 22.4 Å². The fraction of sp³-hybridized carbons (Fsp3) is 0.389. The quantitative estimate of drug-likeness (QED) is 0.862. The van der Waals surface area contributed by atoms with Crippen LogP contribution in [0.25, 0.3) is 10.8 Å². The molecule has 1 aliphatic heterocycles. The highest BCUT2D eigenvalue weighted by molar-refractivity contribution is 5.94. The van der Waals surface area contributed by atoms with Crippen LogP contribution in [-0.2, 0) is 4.79 Å². The van der Waals surface area contributed by atoms with E-state index in [0.717, 1.165) is 32.6 Å². The summed E-state index contributed by atoms with van der Waals surface area (Å²) >= 11 is 0. The van der Waals surface area contributed by atoms with Gasteiger partial charge in [-0.1, -0.05) is 43.3 Å². The maximum absolute atomic E-state index is 12.0. The van der Waals surface area contributed by atoms with Crippen LogP contribution in [0.5, 0.6) is 0 Å². The third-order valence-corrected chi connectivity index (χ3v) is 4.20. The molecule has 1 saturated heterocycles. The first kappa shape index (κ1) is 13.9. The predicted molar refractivity (Wildman–Crippen MR) is 87.6 cm³/mol. The molecule has 0 atom stereocenters. The zero-order chi connectivity index (χ0) is 14.7.